The van der Waals surface area contributed by atoms with Crippen LogP contribution in [0.2, 0.25) is 0 Å². The van der Waals surface area contributed by atoms with Gasteiger partial charge < -0.3 is 14.6 Å². The summed E-state index contributed by atoms with van der Waals surface area (Å²) in [5, 5.41) is 8.72. The molecule has 0 aromatic heterocycles. The molecule has 0 aliphatic heterocycles. The van der Waals surface area contributed by atoms with E-state index in [4.69, 9.17) is 9.84 Å². The molecule has 3 rings (SSSR count). The van der Waals surface area contributed by atoms with Crippen LogP contribution in [0.5, 0.6) is 11.5 Å². The van der Waals surface area contributed by atoms with Crippen molar-refractivity contribution in [3.8, 4) is 11.5 Å². The Morgan fingerprint density at radius 3 is 2.21 bits per heavy atom. The Hall–Kier alpha value is -2.91. The summed E-state index contributed by atoms with van der Waals surface area (Å²) >= 11 is 5.01. The van der Waals surface area contributed by atoms with E-state index < -0.39 is 18.9 Å². The largest absolute Gasteiger partial charge is 0.573 e. The molecular weight excluding hydrogens is 521 g/mol. The van der Waals surface area contributed by atoms with Gasteiger partial charge in [-0.15, -0.1) is 24.9 Å². The highest BCUT2D eigenvalue weighted by Gasteiger charge is 2.31. The maximum atomic E-state index is 12.5. The van der Waals surface area contributed by atoms with E-state index in [1.807, 2.05) is 42.5 Å². The van der Waals surface area contributed by atoms with Gasteiger partial charge in [0.05, 0.1) is 0 Å². The van der Waals surface area contributed by atoms with Crippen molar-refractivity contribution in [3.05, 3.63) is 94.5 Å². The van der Waals surface area contributed by atoms with Crippen LogP contribution in [0.3, 0.4) is 0 Å². The van der Waals surface area contributed by atoms with Gasteiger partial charge in [-0.3, -0.25) is 0 Å². The summed E-state index contributed by atoms with van der Waals surface area (Å²) < 4.78 is 47.3. The van der Waals surface area contributed by atoms with Gasteiger partial charge in [0.25, 0.3) is 0 Å². The van der Waals surface area contributed by atoms with Crippen molar-refractivity contribution in [2.24, 2.45) is 0 Å². The molecule has 0 unspecified atom stereocenters. The summed E-state index contributed by atoms with van der Waals surface area (Å²) in [6.07, 6.45) is -2.74. The van der Waals surface area contributed by atoms with Gasteiger partial charge in [0, 0.05) is 15.1 Å². The summed E-state index contributed by atoms with van der Waals surface area (Å²) in [5.74, 6) is -0.308. The molecule has 0 amide bonds. The number of alkyl halides is 3. The Balaban J connectivity index is 1.77. The van der Waals surface area contributed by atoms with Gasteiger partial charge >= 0.3 is 12.3 Å². The lowest BCUT2D eigenvalue weighted by atomic mass is 9.98. The van der Waals surface area contributed by atoms with E-state index in [9.17, 15) is 18.0 Å². The van der Waals surface area contributed by atoms with Crippen LogP contribution in [0.4, 0.5) is 13.2 Å². The van der Waals surface area contributed by atoms with Crippen LogP contribution >= 0.6 is 27.7 Å². The summed E-state index contributed by atoms with van der Waals surface area (Å²) in [4.78, 5) is 11.6. The number of carboxylic acid groups (broad SMARTS) is 1. The molecule has 0 aliphatic rings. The van der Waals surface area contributed by atoms with E-state index in [0.29, 0.717) is 11.5 Å². The number of carbonyl (C=O) groups is 1. The molecule has 1 N–H and O–H groups in total. The lowest BCUT2D eigenvalue weighted by Gasteiger charge is -2.12. The molecule has 0 fully saturated rings. The third-order valence-electron chi connectivity index (χ3n) is 4.28. The molecule has 0 saturated heterocycles. The Bertz CT molecular complexity index is 1120. The van der Waals surface area contributed by atoms with Crippen molar-refractivity contribution < 1.29 is 32.5 Å². The molecule has 0 atom stereocenters. The van der Waals surface area contributed by atoms with Crippen LogP contribution in [0, 0.1) is 0 Å². The van der Waals surface area contributed by atoms with Gasteiger partial charge in [0.2, 0.25) is 0 Å². The Morgan fingerprint density at radius 1 is 0.970 bits per heavy atom. The number of halogens is 4. The topological polar surface area (TPSA) is 55.8 Å². The second kappa shape index (κ2) is 11.3. The second-order valence-corrected chi connectivity index (χ2v) is 8.56. The van der Waals surface area contributed by atoms with Crippen molar-refractivity contribution in [1.29, 1.82) is 0 Å². The Labute approximate surface area is 201 Å². The average Bonchev–Trinajstić information content (AvgIpc) is 2.77. The first-order valence-corrected chi connectivity index (χ1v) is 11.4. The van der Waals surface area contributed by atoms with Gasteiger partial charge in [0.1, 0.15) is 11.5 Å². The highest BCUT2D eigenvalue weighted by molar-refractivity contribution is 9.10. The van der Waals surface area contributed by atoms with Crippen LogP contribution in [0.1, 0.15) is 11.1 Å². The molecule has 3 aromatic carbocycles. The standard InChI is InChI=1S/C24H18BrF3O4S/c25-21-14-19(31-15-23(29)30)10-11-22(21)33-13-12-20(16-4-2-1-3-5-16)17-6-8-18(9-7-17)32-24(26,27)28/h1-12,14H,13,15H2,(H,29,30)/b20-12-. The molecule has 3 aromatic rings. The van der Waals surface area contributed by atoms with Crippen LogP contribution < -0.4 is 9.47 Å². The monoisotopic (exact) mass is 538 g/mol. The lowest BCUT2D eigenvalue weighted by molar-refractivity contribution is -0.274. The third kappa shape index (κ3) is 7.87. The van der Waals surface area contributed by atoms with E-state index >= 15 is 0 Å². The van der Waals surface area contributed by atoms with Crippen LogP contribution in [0.15, 0.2) is 88.2 Å². The normalized spacial score (nSPS) is 11.8. The number of ether oxygens (including phenoxy) is 2. The van der Waals surface area contributed by atoms with Gasteiger partial charge in [0.15, 0.2) is 6.61 Å². The zero-order valence-corrected chi connectivity index (χ0v) is 19.4. The second-order valence-electron chi connectivity index (χ2n) is 6.64. The maximum Gasteiger partial charge on any atom is 0.573 e. The first-order valence-electron chi connectivity index (χ1n) is 9.60. The van der Waals surface area contributed by atoms with E-state index in [1.165, 1.54) is 12.1 Å². The van der Waals surface area contributed by atoms with Gasteiger partial charge in [-0.2, -0.15) is 0 Å². The highest BCUT2D eigenvalue weighted by Crippen LogP contribution is 2.33. The molecule has 0 spiro atoms. The van der Waals surface area contributed by atoms with Crippen LogP contribution in [0.25, 0.3) is 5.57 Å². The Morgan fingerprint density at radius 2 is 1.61 bits per heavy atom. The number of carboxylic acids is 1. The molecule has 0 radical (unpaired) electrons. The molecule has 9 heteroatoms. The zero-order chi connectivity index (χ0) is 23.8. The summed E-state index contributed by atoms with van der Waals surface area (Å²) in [5.41, 5.74) is 2.56. The van der Waals surface area contributed by atoms with Crippen LogP contribution in [-0.2, 0) is 4.79 Å². The number of aliphatic carboxylic acids is 1. The van der Waals surface area contributed by atoms with Gasteiger partial charge in [-0.1, -0.05) is 48.5 Å². The quantitative estimate of drug-likeness (QED) is 0.296. The van der Waals surface area contributed by atoms with E-state index in [0.717, 1.165) is 26.1 Å². The van der Waals surface area contributed by atoms with Crippen molar-refractivity contribution >= 4 is 39.2 Å². The molecule has 4 nitrogen and oxygen atoms in total. The molecular formula is C24H18BrF3O4S. The number of rotatable bonds is 9. The molecule has 0 aliphatic carbocycles. The van der Waals surface area contributed by atoms with Crippen molar-refractivity contribution in [1.82, 2.24) is 0 Å². The zero-order valence-electron chi connectivity index (χ0n) is 17.0. The fourth-order valence-corrected chi connectivity index (χ4v) is 4.40. The first kappa shape index (κ1) is 24.7. The molecule has 172 valence electrons. The minimum Gasteiger partial charge on any atom is -0.482 e. The fraction of sp³-hybridized carbons (Fsp3) is 0.125. The SMILES string of the molecule is O=C(O)COc1ccc(SC/C=C(/c2ccccc2)c2ccc(OC(F)(F)F)cc2)c(Br)c1. The smallest absolute Gasteiger partial charge is 0.482 e. The predicted molar refractivity (Wildman–Crippen MR) is 125 cm³/mol. The van der Waals surface area contributed by atoms with E-state index in [2.05, 4.69) is 20.7 Å². The third-order valence-corrected chi connectivity index (χ3v) is 6.19. The minimum absolute atomic E-state index is 0.276. The molecule has 0 bridgehead atoms. The highest BCUT2D eigenvalue weighted by atomic mass is 79.9. The molecule has 0 saturated carbocycles. The summed E-state index contributed by atoms with van der Waals surface area (Å²) in [6, 6.07) is 20.5. The van der Waals surface area contributed by atoms with Crippen molar-refractivity contribution in [2.75, 3.05) is 12.4 Å². The van der Waals surface area contributed by atoms with E-state index in [1.54, 1.807) is 36.0 Å². The maximum absolute atomic E-state index is 12.5. The number of thioether (sulfide) groups is 1. The van der Waals surface area contributed by atoms with Gasteiger partial charge in [-0.05, 0) is 63.0 Å². The molecule has 0 heterocycles. The lowest BCUT2D eigenvalue weighted by Crippen LogP contribution is -2.17. The summed E-state index contributed by atoms with van der Waals surface area (Å²) in [7, 11) is 0. The van der Waals surface area contributed by atoms with Crippen molar-refractivity contribution in [3.63, 3.8) is 0 Å². The minimum atomic E-state index is -4.74. The average molecular weight is 539 g/mol. The number of hydrogen-bond acceptors (Lipinski definition) is 4. The van der Waals surface area contributed by atoms with Crippen molar-refractivity contribution in [2.45, 2.75) is 11.3 Å². The Kier molecular flexibility index (Phi) is 8.46. The first-order chi connectivity index (χ1) is 15.7. The number of hydrogen-bond donors (Lipinski definition) is 1. The van der Waals surface area contributed by atoms with E-state index in [-0.39, 0.29) is 5.75 Å². The fourth-order valence-electron chi connectivity index (χ4n) is 2.90. The predicted octanol–water partition coefficient (Wildman–Crippen LogP) is 7.04. The molecule has 33 heavy (non-hydrogen) atoms. The van der Waals surface area contributed by atoms with Gasteiger partial charge in [-0.25, -0.2) is 4.79 Å². The summed E-state index contributed by atoms with van der Waals surface area (Å²) in [6.45, 7) is -0.422. The van der Waals surface area contributed by atoms with Crippen LogP contribution in [-0.4, -0.2) is 29.8 Å². The number of benzene rings is 3.